The van der Waals surface area contributed by atoms with Crippen LogP contribution in [0.4, 0.5) is 5.69 Å². The molecule has 0 amide bonds. The van der Waals surface area contributed by atoms with Gasteiger partial charge in [-0.05, 0) is 12.1 Å². The van der Waals surface area contributed by atoms with E-state index < -0.39 is 31.4 Å². The van der Waals surface area contributed by atoms with Crippen LogP contribution >= 0.6 is 0 Å². The van der Waals surface area contributed by atoms with Crippen molar-refractivity contribution in [1.29, 1.82) is 5.26 Å². The number of sulfonamides is 1. The fourth-order valence-corrected chi connectivity index (χ4v) is 4.63. The molecule has 0 aliphatic heterocycles. The van der Waals surface area contributed by atoms with Gasteiger partial charge >= 0.3 is 0 Å². The lowest BCUT2D eigenvalue weighted by molar-refractivity contribution is 0.586. The predicted molar refractivity (Wildman–Crippen MR) is 77.5 cm³/mol. The van der Waals surface area contributed by atoms with E-state index in [9.17, 15) is 16.8 Å². The number of hydrogen-bond acceptors (Lipinski definition) is 5. The lowest BCUT2D eigenvalue weighted by Gasteiger charge is -2.23. The van der Waals surface area contributed by atoms with Gasteiger partial charge < -0.3 is 0 Å². The van der Waals surface area contributed by atoms with E-state index >= 15 is 0 Å². The van der Waals surface area contributed by atoms with Crippen LogP contribution in [0.1, 0.15) is 6.42 Å². The smallest absolute Gasteiger partial charge is 0.236 e. The van der Waals surface area contributed by atoms with E-state index in [0.29, 0.717) is 5.69 Å². The predicted octanol–water partition coefficient (Wildman–Crippen LogP) is 0.781. The van der Waals surface area contributed by atoms with Crippen LogP contribution in [0.15, 0.2) is 30.3 Å². The first kappa shape index (κ1) is 16.5. The van der Waals surface area contributed by atoms with Crippen LogP contribution in [0.2, 0.25) is 0 Å². The van der Waals surface area contributed by atoms with Crippen molar-refractivity contribution in [3.63, 3.8) is 0 Å². The maximum absolute atomic E-state index is 12.2. The molecule has 1 aromatic rings. The monoisotopic (exact) mass is 316 g/mol. The van der Waals surface area contributed by atoms with E-state index in [1.807, 2.05) is 6.07 Å². The second-order valence-electron chi connectivity index (χ2n) is 4.26. The molecule has 1 rings (SSSR count). The van der Waals surface area contributed by atoms with Crippen LogP contribution in [0.25, 0.3) is 0 Å². The second kappa shape index (κ2) is 6.72. The van der Waals surface area contributed by atoms with Crippen molar-refractivity contribution in [3.05, 3.63) is 30.3 Å². The van der Waals surface area contributed by atoms with Gasteiger partial charge in [-0.3, -0.25) is 4.31 Å². The van der Waals surface area contributed by atoms with E-state index in [1.54, 1.807) is 30.3 Å². The molecule has 0 atom stereocenters. The molecule has 8 heteroatoms. The van der Waals surface area contributed by atoms with Crippen LogP contribution in [-0.4, -0.2) is 41.1 Å². The molecule has 1 aromatic carbocycles. The Hall–Kier alpha value is -1.59. The van der Waals surface area contributed by atoms with Gasteiger partial charge in [-0.25, -0.2) is 16.8 Å². The largest absolute Gasteiger partial charge is 0.269 e. The summed E-state index contributed by atoms with van der Waals surface area (Å²) in [7, 11) is -7.14. The first-order valence-electron chi connectivity index (χ1n) is 5.86. The van der Waals surface area contributed by atoms with E-state index in [4.69, 9.17) is 5.26 Å². The molecule has 0 saturated carbocycles. The summed E-state index contributed by atoms with van der Waals surface area (Å²) in [6, 6.07) is 10.2. The fourth-order valence-electron chi connectivity index (χ4n) is 1.54. The summed E-state index contributed by atoms with van der Waals surface area (Å²) in [4.78, 5) is 0. The molecule has 0 aliphatic carbocycles. The van der Waals surface area contributed by atoms with Gasteiger partial charge in [-0.2, -0.15) is 5.26 Å². The van der Waals surface area contributed by atoms with Crippen molar-refractivity contribution in [2.24, 2.45) is 0 Å². The van der Waals surface area contributed by atoms with Crippen molar-refractivity contribution in [2.75, 3.05) is 28.6 Å². The van der Waals surface area contributed by atoms with Crippen molar-refractivity contribution in [1.82, 2.24) is 0 Å². The van der Waals surface area contributed by atoms with Crippen LogP contribution in [0.5, 0.6) is 0 Å². The van der Waals surface area contributed by atoms with Crippen molar-refractivity contribution in [3.8, 4) is 6.07 Å². The van der Waals surface area contributed by atoms with E-state index in [0.717, 1.165) is 10.6 Å². The number of para-hydroxylation sites is 1. The number of sulfone groups is 1. The van der Waals surface area contributed by atoms with E-state index in [1.165, 1.54) is 0 Å². The third kappa shape index (κ3) is 5.19. The molecule has 6 nitrogen and oxygen atoms in total. The van der Waals surface area contributed by atoms with Gasteiger partial charge in [0.05, 0.1) is 29.7 Å². The van der Waals surface area contributed by atoms with Gasteiger partial charge in [0.2, 0.25) is 10.0 Å². The summed E-state index contributed by atoms with van der Waals surface area (Å²) in [6.07, 6.45) is 1.03. The quantitative estimate of drug-likeness (QED) is 0.741. The second-order valence-corrected chi connectivity index (χ2v) is 8.53. The molecule has 0 spiro atoms. The Morgan fingerprint density at radius 1 is 1.10 bits per heavy atom. The molecule has 0 bridgehead atoms. The minimum absolute atomic E-state index is 0.00656. The Morgan fingerprint density at radius 3 is 2.20 bits per heavy atom. The summed E-state index contributed by atoms with van der Waals surface area (Å²) < 4.78 is 47.8. The normalized spacial score (nSPS) is 11.8. The zero-order valence-corrected chi connectivity index (χ0v) is 12.7. The summed E-state index contributed by atoms with van der Waals surface area (Å²) in [6.45, 7) is 0.00656. The number of benzene rings is 1. The molecule has 20 heavy (non-hydrogen) atoms. The maximum atomic E-state index is 12.2. The highest BCUT2D eigenvalue weighted by Gasteiger charge is 2.23. The van der Waals surface area contributed by atoms with E-state index in [2.05, 4.69) is 0 Å². The Morgan fingerprint density at radius 2 is 1.70 bits per heavy atom. The highest BCUT2D eigenvalue weighted by Crippen LogP contribution is 2.18. The molecule has 0 radical (unpaired) electrons. The third-order valence-electron chi connectivity index (χ3n) is 2.52. The zero-order valence-electron chi connectivity index (χ0n) is 11.1. The minimum Gasteiger partial charge on any atom is -0.269 e. The first-order valence-corrected chi connectivity index (χ1v) is 9.53. The molecule has 0 fully saturated rings. The highest BCUT2D eigenvalue weighted by molar-refractivity contribution is 7.95. The zero-order chi connectivity index (χ0) is 15.2. The van der Waals surface area contributed by atoms with Crippen LogP contribution in [0, 0.1) is 11.3 Å². The number of nitrogens with zero attached hydrogens (tertiary/aromatic N) is 2. The summed E-state index contributed by atoms with van der Waals surface area (Å²) in [5.74, 6) is -0.933. The van der Waals surface area contributed by atoms with Crippen LogP contribution in [-0.2, 0) is 19.9 Å². The molecular weight excluding hydrogens is 300 g/mol. The Balaban J connectivity index is 3.02. The Labute approximate surface area is 119 Å². The molecule has 0 unspecified atom stereocenters. The van der Waals surface area contributed by atoms with Gasteiger partial charge in [0.1, 0.15) is 9.84 Å². The maximum Gasteiger partial charge on any atom is 0.236 e. The van der Waals surface area contributed by atoms with Gasteiger partial charge in [-0.1, -0.05) is 18.2 Å². The number of hydrogen-bond donors (Lipinski definition) is 0. The van der Waals surface area contributed by atoms with Gasteiger partial charge in [0.25, 0.3) is 0 Å². The summed E-state index contributed by atoms with van der Waals surface area (Å²) in [5.41, 5.74) is 0.427. The summed E-state index contributed by atoms with van der Waals surface area (Å²) in [5, 5.41) is 8.62. The van der Waals surface area contributed by atoms with E-state index in [-0.39, 0.29) is 13.0 Å². The molecule has 0 heterocycles. The lowest BCUT2D eigenvalue weighted by Crippen LogP contribution is -2.35. The molecule has 0 saturated heterocycles. The van der Waals surface area contributed by atoms with Crippen molar-refractivity contribution >= 4 is 25.5 Å². The number of rotatable bonds is 7. The fraction of sp³-hybridized carbons (Fsp3) is 0.417. The Bertz CT molecular complexity index is 676. The average molecular weight is 316 g/mol. The average Bonchev–Trinajstić information content (AvgIpc) is 2.37. The molecule has 0 aromatic heterocycles. The molecule has 0 aliphatic rings. The van der Waals surface area contributed by atoms with Crippen molar-refractivity contribution in [2.45, 2.75) is 6.42 Å². The number of anilines is 1. The minimum atomic E-state index is -3.78. The van der Waals surface area contributed by atoms with Crippen LogP contribution in [0.3, 0.4) is 0 Å². The topological polar surface area (TPSA) is 95.3 Å². The molecular formula is C12H16N2O4S2. The highest BCUT2D eigenvalue weighted by atomic mass is 32.2. The molecule has 110 valence electrons. The van der Waals surface area contributed by atoms with Gasteiger partial charge in [0, 0.05) is 12.8 Å². The number of nitriles is 1. The Kier molecular flexibility index (Phi) is 5.53. The van der Waals surface area contributed by atoms with Crippen LogP contribution < -0.4 is 4.31 Å². The lowest BCUT2D eigenvalue weighted by atomic mass is 10.3. The third-order valence-corrected chi connectivity index (χ3v) is 5.51. The SMILES string of the molecule is CS(=O)(=O)CCS(=O)(=O)N(CCC#N)c1ccccc1. The first-order chi connectivity index (χ1) is 9.26. The molecule has 0 N–H and O–H groups in total. The van der Waals surface area contributed by atoms with Gasteiger partial charge in [0.15, 0.2) is 0 Å². The van der Waals surface area contributed by atoms with Crippen molar-refractivity contribution < 1.29 is 16.8 Å². The van der Waals surface area contributed by atoms with Gasteiger partial charge in [-0.15, -0.1) is 0 Å². The standard InChI is InChI=1S/C12H16N2O4S2/c1-19(15,16)10-11-20(17,18)14(9-5-8-13)12-6-3-2-4-7-12/h2-4,6-7H,5,9-11H2,1H3. The summed E-state index contributed by atoms with van der Waals surface area (Å²) >= 11 is 0.